The van der Waals surface area contributed by atoms with E-state index in [1.54, 1.807) is 24.3 Å². The average Bonchev–Trinajstić information content (AvgIpc) is 2.51. The molecule has 0 heterocycles. The van der Waals surface area contributed by atoms with E-state index >= 15 is 0 Å². The van der Waals surface area contributed by atoms with E-state index in [9.17, 15) is 9.59 Å². The zero-order valence-corrected chi connectivity index (χ0v) is 14.3. The molecule has 0 saturated heterocycles. The molecular formula is C17H27N3O3. The Kier molecular flexibility index (Phi) is 7.54. The number of carbonyl (C=O) groups excluding carboxylic acids is 2. The number of carbonyl (C=O) groups is 2. The van der Waals surface area contributed by atoms with E-state index in [4.69, 9.17) is 10.5 Å². The molecule has 128 valence electrons. The van der Waals surface area contributed by atoms with Gasteiger partial charge in [0.1, 0.15) is 11.8 Å². The van der Waals surface area contributed by atoms with Gasteiger partial charge >= 0.3 is 0 Å². The summed E-state index contributed by atoms with van der Waals surface area (Å²) in [4.78, 5) is 24.7. The van der Waals surface area contributed by atoms with Gasteiger partial charge in [-0.2, -0.15) is 0 Å². The molecule has 2 unspecified atom stereocenters. The fraction of sp³-hybridized carbons (Fsp3) is 0.529. The van der Waals surface area contributed by atoms with Gasteiger partial charge in [-0.25, -0.2) is 0 Å². The van der Waals surface area contributed by atoms with Crippen LogP contribution in [0.3, 0.4) is 0 Å². The van der Waals surface area contributed by atoms with Crippen LogP contribution in [0, 0.1) is 5.92 Å². The Hall–Kier alpha value is -2.08. The number of methoxy groups -OCH3 is 1. The number of hydrogen-bond donors (Lipinski definition) is 3. The standard InChI is InChI=1S/C17H27N3O3/c1-11(2)15(17(22)19-10-9-12(3)18)20-16(21)13-7-5-6-8-14(13)23-4/h5-8,11-12,15H,9-10,18H2,1-4H3,(H,19,22)(H,20,21). The maximum atomic E-state index is 12.4. The van der Waals surface area contributed by atoms with Crippen LogP contribution < -0.4 is 21.1 Å². The van der Waals surface area contributed by atoms with Gasteiger partial charge in [0.2, 0.25) is 5.91 Å². The molecule has 0 aliphatic heterocycles. The summed E-state index contributed by atoms with van der Waals surface area (Å²) in [6.45, 7) is 6.15. The molecule has 2 amide bonds. The maximum absolute atomic E-state index is 12.4. The first-order chi connectivity index (χ1) is 10.9. The molecule has 0 bridgehead atoms. The maximum Gasteiger partial charge on any atom is 0.255 e. The van der Waals surface area contributed by atoms with E-state index in [1.165, 1.54) is 7.11 Å². The monoisotopic (exact) mass is 321 g/mol. The van der Waals surface area contributed by atoms with E-state index in [0.717, 1.165) is 0 Å². The molecule has 0 aromatic heterocycles. The molecule has 0 radical (unpaired) electrons. The molecule has 6 nitrogen and oxygen atoms in total. The van der Waals surface area contributed by atoms with E-state index in [1.807, 2.05) is 20.8 Å². The lowest BCUT2D eigenvalue weighted by Crippen LogP contribution is -2.50. The molecule has 0 aliphatic rings. The zero-order chi connectivity index (χ0) is 17.4. The van der Waals surface area contributed by atoms with Crippen molar-refractivity contribution in [3.8, 4) is 5.75 Å². The normalized spacial score (nSPS) is 13.3. The van der Waals surface area contributed by atoms with Crippen molar-refractivity contribution in [2.24, 2.45) is 11.7 Å². The van der Waals surface area contributed by atoms with Crippen LogP contribution in [-0.4, -0.2) is 37.6 Å². The Morgan fingerprint density at radius 2 is 1.87 bits per heavy atom. The van der Waals surface area contributed by atoms with Crippen LogP contribution in [0.2, 0.25) is 0 Å². The summed E-state index contributed by atoms with van der Waals surface area (Å²) >= 11 is 0. The minimum atomic E-state index is -0.611. The SMILES string of the molecule is COc1ccccc1C(=O)NC(C(=O)NCCC(C)N)C(C)C. The highest BCUT2D eigenvalue weighted by Gasteiger charge is 2.25. The third-order valence-electron chi connectivity index (χ3n) is 3.49. The Bertz CT molecular complexity index is 530. The number of para-hydroxylation sites is 1. The van der Waals surface area contributed by atoms with Gasteiger partial charge in [0.05, 0.1) is 12.7 Å². The Morgan fingerprint density at radius 1 is 1.22 bits per heavy atom. The van der Waals surface area contributed by atoms with Crippen molar-refractivity contribution < 1.29 is 14.3 Å². The fourth-order valence-corrected chi connectivity index (χ4v) is 2.12. The summed E-state index contributed by atoms with van der Waals surface area (Å²) in [5.74, 6) is -0.0961. The van der Waals surface area contributed by atoms with Crippen molar-refractivity contribution in [2.45, 2.75) is 39.3 Å². The molecule has 1 aromatic rings. The van der Waals surface area contributed by atoms with Crippen molar-refractivity contribution >= 4 is 11.8 Å². The van der Waals surface area contributed by atoms with Crippen LogP contribution in [0.15, 0.2) is 24.3 Å². The van der Waals surface area contributed by atoms with Gasteiger partial charge in [-0.1, -0.05) is 26.0 Å². The third kappa shape index (κ3) is 5.90. The molecule has 0 saturated carbocycles. The predicted octanol–water partition coefficient (Wildman–Crippen LogP) is 1.30. The van der Waals surface area contributed by atoms with E-state index in [2.05, 4.69) is 10.6 Å². The first-order valence-corrected chi connectivity index (χ1v) is 7.84. The molecule has 23 heavy (non-hydrogen) atoms. The van der Waals surface area contributed by atoms with Crippen molar-refractivity contribution in [3.63, 3.8) is 0 Å². The van der Waals surface area contributed by atoms with Gasteiger partial charge in [0, 0.05) is 12.6 Å². The molecule has 1 aromatic carbocycles. The smallest absolute Gasteiger partial charge is 0.255 e. The summed E-state index contributed by atoms with van der Waals surface area (Å²) in [7, 11) is 1.51. The first kappa shape index (κ1) is 19.0. The number of benzene rings is 1. The van der Waals surface area contributed by atoms with Gasteiger partial charge < -0.3 is 21.1 Å². The molecular weight excluding hydrogens is 294 g/mol. The molecule has 6 heteroatoms. The van der Waals surface area contributed by atoms with Crippen LogP contribution >= 0.6 is 0 Å². The lowest BCUT2D eigenvalue weighted by atomic mass is 10.0. The highest BCUT2D eigenvalue weighted by molar-refractivity contribution is 5.99. The van der Waals surface area contributed by atoms with Crippen molar-refractivity contribution in [1.29, 1.82) is 0 Å². The number of nitrogens with one attached hydrogen (secondary N) is 2. The highest BCUT2D eigenvalue weighted by Crippen LogP contribution is 2.17. The minimum Gasteiger partial charge on any atom is -0.496 e. The van der Waals surface area contributed by atoms with Gasteiger partial charge in [-0.3, -0.25) is 9.59 Å². The lowest BCUT2D eigenvalue weighted by Gasteiger charge is -2.22. The zero-order valence-electron chi connectivity index (χ0n) is 14.3. The summed E-state index contributed by atoms with van der Waals surface area (Å²) in [6.07, 6.45) is 0.691. The lowest BCUT2D eigenvalue weighted by molar-refractivity contribution is -0.123. The van der Waals surface area contributed by atoms with Crippen LogP contribution in [0.25, 0.3) is 0 Å². The van der Waals surface area contributed by atoms with Crippen molar-refractivity contribution in [2.75, 3.05) is 13.7 Å². The van der Waals surface area contributed by atoms with E-state index in [0.29, 0.717) is 24.3 Å². The Labute approximate surface area is 137 Å². The predicted molar refractivity (Wildman–Crippen MR) is 90.4 cm³/mol. The molecule has 2 atom stereocenters. The van der Waals surface area contributed by atoms with Gasteiger partial charge in [-0.15, -0.1) is 0 Å². The van der Waals surface area contributed by atoms with Gasteiger partial charge in [0.25, 0.3) is 5.91 Å². The minimum absolute atomic E-state index is 0.0240. The van der Waals surface area contributed by atoms with Crippen molar-refractivity contribution in [3.05, 3.63) is 29.8 Å². The number of nitrogens with two attached hydrogens (primary N) is 1. The number of ether oxygens (including phenoxy) is 1. The van der Waals surface area contributed by atoms with Gasteiger partial charge in [-0.05, 0) is 31.4 Å². The molecule has 4 N–H and O–H groups in total. The quantitative estimate of drug-likeness (QED) is 0.673. The topological polar surface area (TPSA) is 93.4 Å². The van der Waals surface area contributed by atoms with E-state index in [-0.39, 0.29) is 23.8 Å². The van der Waals surface area contributed by atoms with E-state index < -0.39 is 6.04 Å². The summed E-state index contributed by atoms with van der Waals surface area (Å²) < 4.78 is 5.18. The second-order valence-corrected chi connectivity index (χ2v) is 5.95. The highest BCUT2D eigenvalue weighted by atomic mass is 16.5. The largest absolute Gasteiger partial charge is 0.496 e. The summed E-state index contributed by atoms with van der Waals surface area (Å²) in [5, 5.41) is 5.60. The first-order valence-electron chi connectivity index (χ1n) is 7.84. The van der Waals surface area contributed by atoms with Gasteiger partial charge in [0.15, 0.2) is 0 Å². The second-order valence-electron chi connectivity index (χ2n) is 5.95. The Balaban J connectivity index is 2.75. The molecule has 0 aliphatic carbocycles. The van der Waals surface area contributed by atoms with Crippen LogP contribution in [0.4, 0.5) is 0 Å². The van der Waals surface area contributed by atoms with Crippen LogP contribution in [0.5, 0.6) is 5.75 Å². The number of amides is 2. The molecule has 0 spiro atoms. The molecule has 0 fully saturated rings. The number of rotatable bonds is 8. The van der Waals surface area contributed by atoms with Crippen LogP contribution in [0.1, 0.15) is 37.6 Å². The fourth-order valence-electron chi connectivity index (χ4n) is 2.12. The van der Waals surface area contributed by atoms with Crippen molar-refractivity contribution in [1.82, 2.24) is 10.6 Å². The summed E-state index contributed by atoms with van der Waals surface area (Å²) in [5.41, 5.74) is 6.07. The summed E-state index contributed by atoms with van der Waals surface area (Å²) in [6, 6.07) is 6.33. The third-order valence-corrected chi connectivity index (χ3v) is 3.49. The van der Waals surface area contributed by atoms with Crippen LogP contribution in [-0.2, 0) is 4.79 Å². The average molecular weight is 321 g/mol. The second kappa shape index (κ2) is 9.15. The number of hydrogen-bond acceptors (Lipinski definition) is 4. The Morgan fingerprint density at radius 3 is 2.43 bits per heavy atom. The molecule has 1 rings (SSSR count).